The molecule has 0 spiro atoms. The smallest absolute Gasteiger partial charge is 0.462 e. The third kappa shape index (κ3) is 15.0. The quantitative estimate of drug-likeness (QED) is 0.0679. The Kier molecular flexibility index (Phi) is 18.5. The maximum Gasteiger partial charge on any atom is 0.508 e. The summed E-state index contributed by atoms with van der Waals surface area (Å²) >= 11 is 19.3. The fraction of sp³-hybridized carbons (Fsp3) is 0.532. The van der Waals surface area contributed by atoms with Crippen LogP contribution in [0, 0.1) is 23.2 Å². The number of thioether (sulfide) groups is 1. The van der Waals surface area contributed by atoms with Crippen LogP contribution in [-0.2, 0) is 33.3 Å². The van der Waals surface area contributed by atoms with Crippen molar-refractivity contribution in [1.82, 2.24) is 5.32 Å². The van der Waals surface area contributed by atoms with Crippen LogP contribution < -0.4 is 5.32 Å². The summed E-state index contributed by atoms with van der Waals surface area (Å²) in [4.78, 5) is 52.9. The van der Waals surface area contributed by atoms with E-state index < -0.39 is 45.5 Å². The van der Waals surface area contributed by atoms with Crippen LogP contribution in [0.5, 0.6) is 0 Å². The highest BCUT2D eigenvalue weighted by molar-refractivity contribution is 8.00. The number of alkyl halides is 3. The largest absolute Gasteiger partial charge is 0.508 e. The molecule has 59 heavy (non-hydrogen) atoms. The van der Waals surface area contributed by atoms with Crippen LogP contribution in [0.1, 0.15) is 110 Å². The van der Waals surface area contributed by atoms with E-state index in [0.717, 1.165) is 42.4 Å². The Balaban J connectivity index is 1.60. The SMILES string of the molecule is CC(=O)CC[C@@H](CSC(c1ccccc1)(c1ccccc1)c1ccccc1)NC(=O)[C@@H](C)[C@H](C[C@H](C)CC(OC(=O)C1CCCC1)C(C)(C)C)OC(=O)OCC(Cl)(Cl)Cl. The minimum atomic E-state index is -1.86. The van der Waals surface area contributed by atoms with Gasteiger partial charge in [-0.3, -0.25) is 9.59 Å². The second kappa shape index (κ2) is 22.6. The molecule has 1 amide bonds. The van der Waals surface area contributed by atoms with E-state index in [0.29, 0.717) is 18.6 Å². The van der Waals surface area contributed by atoms with Gasteiger partial charge in [-0.05, 0) is 67.1 Å². The third-order valence-electron chi connectivity index (χ3n) is 11.0. The van der Waals surface area contributed by atoms with E-state index in [1.807, 2.05) is 82.3 Å². The number of benzene rings is 3. The van der Waals surface area contributed by atoms with Gasteiger partial charge in [0.2, 0.25) is 9.70 Å². The van der Waals surface area contributed by atoms with E-state index in [4.69, 9.17) is 49.0 Å². The number of hydrogen-bond acceptors (Lipinski definition) is 8. The highest BCUT2D eigenvalue weighted by Crippen LogP contribution is 2.49. The Morgan fingerprint density at radius 1 is 0.780 bits per heavy atom. The van der Waals surface area contributed by atoms with Crippen molar-refractivity contribution in [2.75, 3.05) is 12.4 Å². The molecule has 0 radical (unpaired) electrons. The number of esters is 1. The van der Waals surface area contributed by atoms with Crippen LogP contribution in [0.2, 0.25) is 0 Å². The standard InChI is InChI=1S/C47H60Cl3NO7S/c1-32(29-41(45(4,5)6)58-43(54)35-18-16-17-19-35)28-40(57-44(55)56-31-46(48,49)50)34(3)42(53)51-39(27-26-33(2)52)30-59-47(36-20-10-7-11-21-36,37-22-12-8-13-23-37)38-24-14-9-15-25-38/h7-15,20-25,32,34-35,39-41H,16-19,26-31H2,1-6H3,(H,51,53)/t32-,34-,39-,40-,41?/m0/s1. The number of nitrogens with one attached hydrogen (secondary N) is 1. The van der Waals surface area contributed by atoms with Gasteiger partial charge < -0.3 is 24.3 Å². The zero-order valence-corrected chi connectivity index (χ0v) is 38.2. The van der Waals surface area contributed by atoms with Crippen molar-refractivity contribution in [2.45, 2.75) is 120 Å². The minimum absolute atomic E-state index is 0.0107. The highest BCUT2D eigenvalue weighted by Gasteiger charge is 2.39. The van der Waals surface area contributed by atoms with Gasteiger partial charge in [-0.15, -0.1) is 11.8 Å². The summed E-state index contributed by atoms with van der Waals surface area (Å²) in [6, 6.07) is 30.4. The predicted octanol–water partition coefficient (Wildman–Crippen LogP) is 11.7. The first-order chi connectivity index (χ1) is 27.9. The first-order valence-electron chi connectivity index (χ1n) is 20.6. The summed E-state index contributed by atoms with van der Waals surface area (Å²) in [5, 5.41) is 3.23. The van der Waals surface area contributed by atoms with Gasteiger partial charge in [0.15, 0.2) is 0 Å². The summed E-state index contributed by atoms with van der Waals surface area (Å²) in [6.45, 7) is 10.8. The average Bonchev–Trinajstić information content (AvgIpc) is 3.75. The number of carbonyl (C=O) groups is 4. The molecule has 3 aromatic carbocycles. The Morgan fingerprint density at radius 3 is 1.75 bits per heavy atom. The third-order valence-corrected chi connectivity index (χ3v) is 13.0. The first kappa shape index (κ1) is 48.4. The van der Waals surface area contributed by atoms with Gasteiger partial charge in [-0.1, -0.05) is 173 Å². The van der Waals surface area contributed by atoms with Gasteiger partial charge in [0.1, 0.15) is 24.6 Å². The van der Waals surface area contributed by atoms with Crippen LogP contribution in [-0.4, -0.2) is 58.2 Å². The summed E-state index contributed by atoms with van der Waals surface area (Å²) in [5.41, 5.74) is 2.86. The topological polar surface area (TPSA) is 108 Å². The van der Waals surface area contributed by atoms with E-state index in [2.05, 4.69) is 41.7 Å². The summed E-state index contributed by atoms with van der Waals surface area (Å²) in [5.74, 6) is -1.14. The average molecular weight is 889 g/mol. The molecule has 1 saturated carbocycles. The van der Waals surface area contributed by atoms with Crippen molar-refractivity contribution in [2.24, 2.45) is 23.2 Å². The van der Waals surface area contributed by atoms with E-state index >= 15 is 0 Å². The molecule has 8 nitrogen and oxygen atoms in total. The lowest BCUT2D eigenvalue weighted by Gasteiger charge is -2.37. The van der Waals surface area contributed by atoms with Crippen molar-refractivity contribution in [1.29, 1.82) is 0 Å². The maximum atomic E-state index is 14.4. The Morgan fingerprint density at radius 2 is 1.29 bits per heavy atom. The van der Waals surface area contributed by atoms with Gasteiger partial charge in [-0.25, -0.2) is 4.79 Å². The molecule has 1 aliphatic carbocycles. The normalized spacial score (nSPS) is 16.3. The summed E-state index contributed by atoms with van der Waals surface area (Å²) in [6.07, 6.45) is 2.70. The molecule has 0 heterocycles. The predicted molar refractivity (Wildman–Crippen MR) is 239 cm³/mol. The van der Waals surface area contributed by atoms with Crippen LogP contribution in [0.4, 0.5) is 4.79 Å². The second-order valence-electron chi connectivity index (χ2n) is 17.0. The number of hydrogen-bond donors (Lipinski definition) is 1. The lowest BCUT2D eigenvalue weighted by molar-refractivity contribution is -0.161. The zero-order chi connectivity index (χ0) is 43.2. The van der Waals surface area contributed by atoms with Gasteiger partial charge >= 0.3 is 12.1 Å². The Labute approximate surface area is 370 Å². The number of carbonyl (C=O) groups excluding carboxylic acids is 4. The van der Waals surface area contributed by atoms with E-state index in [1.165, 1.54) is 0 Å². The lowest BCUT2D eigenvalue weighted by atomic mass is 9.81. The Bertz CT molecular complexity index is 1680. The molecule has 4 rings (SSSR count). The van der Waals surface area contributed by atoms with Crippen LogP contribution in [0.25, 0.3) is 0 Å². The lowest BCUT2D eigenvalue weighted by Crippen LogP contribution is -2.45. The molecule has 0 bridgehead atoms. The van der Waals surface area contributed by atoms with Crippen molar-refractivity contribution in [3.8, 4) is 0 Å². The summed E-state index contributed by atoms with van der Waals surface area (Å²) < 4.78 is 14.6. The number of ether oxygens (including phenoxy) is 3. The zero-order valence-electron chi connectivity index (χ0n) is 35.1. The van der Waals surface area contributed by atoms with Crippen LogP contribution in [0.15, 0.2) is 91.0 Å². The van der Waals surface area contributed by atoms with Gasteiger partial charge in [0, 0.05) is 18.2 Å². The maximum absolute atomic E-state index is 14.4. The van der Waals surface area contributed by atoms with Gasteiger partial charge in [-0.2, -0.15) is 0 Å². The summed E-state index contributed by atoms with van der Waals surface area (Å²) in [7, 11) is 0. The number of Topliss-reactive ketones (excluding diaryl/α,β-unsaturated/α-hetero) is 1. The van der Waals surface area contributed by atoms with Crippen molar-refractivity contribution in [3.63, 3.8) is 0 Å². The molecule has 0 saturated heterocycles. The molecule has 12 heteroatoms. The molecule has 3 aromatic rings. The molecule has 0 aromatic heterocycles. The fourth-order valence-electron chi connectivity index (χ4n) is 7.56. The van der Waals surface area contributed by atoms with Gasteiger partial charge in [0.25, 0.3) is 0 Å². The molecular formula is C47H60Cl3NO7S. The number of ketones is 1. The number of amides is 1. The molecular weight excluding hydrogens is 829 g/mol. The molecule has 5 atom stereocenters. The number of rotatable bonds is 20. The molecule has 1 aliphatic rings. The van der Waals surface area contributed by atoms with Crippen molar-refractivity contribution >= 4 is 70.4 Å². The molecule has 0 aliphatic heterocycles. The minimum Gasteiger partial charge on any atom is -0.462 e. The van der Waals surface area contributed by atoms with E-state index in [9.17, 15) is 19.2 Å². The van der Waals surface area contributed by atoms with E-state index in [-0.39, 0.29) is 47.8 Å². The monoisotopic (exact) mass is 887 g/mol. The highest BCUT2D eigenvalue weighted by atomic mass is 35.6. The van der Waals surface area contributed by atoms with Gasteiger partial charge in [0.05, 0.1) is 16.6 Å². The van der Waals surface area contributed by atoms with Crippen molar-refractivity contribution in [3.05, 3.63) is 108 Å². The van der Waals surface area contributed by atoms with Crippen LogP contribution in [0.3, 0.4) is 0 Å². The molecule has 322 valence electrons. The molecule has 1 unspecified atom stereocenters. The Hall–Kier alpha value is -3.24. The van der Waals surface area contributed by atoms with Crippen LogP contribution >= 0.6 is 46.6 Å². The molecule has 1 N–H and O–H groups in total. The molecule has 1 fully saturated rings. The van der Waals surface area contributed by atoms with E-state index in [1.54, 1.807) is 25.6 Å². The first-order valence-corrected chi connectivity index (χ1v) is 22.7. The number of halogens is 3. The van der Waals surface area contributed by atoms with Crippen molar-refractivity contribution < 1.29 is 33.4 Å². The second-order valence-corrected chi connectivity index (χ2v) is 20.7. The fourth-order valence-corrected chi connectivity index (χ4v) is 9.33.